The summed E-state index contributed by atoms with van der Waals surface area (Å²) < 4.78 is 46.0. The molecular weight excluding hydrogens is 469 g/mol. The minimum absolute atomic E-state index is 0.0885. The molecule has 9 heteroatoms. The number of pyridine rings is 1. The Balaban J connectivity index is 1.50. The first-order valence-electron chi connectivity index (χ1n) is 11.7. The van der Waals surface area contributed by atoms with E-state index in [9.17, 15) is 18.0 Å². The second-order valence-corrected chi connectivity index (χ2v) is 8.91. The second kappa shape index (κ2) is 9.56. The van der Waals surface area contributed by atoms with Crippen LogP contribution in [0.1, 0.15) is 35.2 Å². The first kappa shape index (κ1) is 23.7. The third-order valence-electron chi connectivity index (χ3n) is 5.96. The number of ether oxygens (including phenoxy) is 1. The SMILES string of the molecule is Cc1cc(-c2cnc3c(NCCC(F)(F)F)cc(Oc4ccccc4)cn23)ccc1C(=O)NC1CC1. The number of halogens is 3. The average Bonchev–Trinajstić information content (AvgIpc) is 3.54. The highest BCUT2D eigenvalue weighted by Crippen LogP contribution is 2.32. The Bertz CT molecular complexity index is 1400. The number of nitrogens with zero attached hydrogens (tertiary/aromatic N) is 2. The molecule has 5 rings (SSSR count). The Hall–Kier alpha value is -4.01. The van der Waals surface area contributed by atoms with Gasteiger partial charge in [0.05, 0.1) is 30.2 Å². The molecule has 0 aliphatic heterocycles. The Kier molecular flexibility index (Phi) is 6.30. The van der Waals surface area contributed by atoms with E-state index in [1.54, 1.807) is 41.1 Å². The van der Waals surface area contributed by atoms with Crippen molar-refractivity contribution in [1.29, 1.82) is 0 Å². The fourth-order valence-corrected chi connectivity index (χ4v) is 3.99. The normalized spacial score (nSPS) is 13.6. The third kappa shape index (κ3) is 5.45. The summed E-state index contributed by atoms with van der Waals surface area (Å²) in [5.41, 5.74) is 3.88. The first-order chi connectivity index (χ1) is 17.3. The number of aryl methyl sites for hydroxylation is 1. The highest BCUT2D eigenvalue weighted by molar-refractivity contribution is 5.96. The van der Waals surface area contributed by atoms with Crippen LogP contribution in [-0.2, 0) is 0 Å². The molecule has 0 atom stereocenters. The summed E-state index contributed by atoms with van der Waals surface area (Å²) in [6.45, 7) is 1.59. The predicted octanol–water partition coefficient (Wildman–Crippen LogP) is 6.36. The lowest BCUT2D eigenvalue weighted by molar-refractivity contribution is -0.131. The number of carbonyl (C=O) groups excluding carboxylic acids is 1. The fourth-order valence-electron chi connectivity index (χ4n) is 3.99. The number of hydrogen-bond acceptors (Lipinski definition) is 4. The number of para-hydroxylation sites is 1. The van der Waals surface area contributed by atoms with Gasteiger partial charge in [-0.05, 0) is 49.6 Å². The van der Waals surface area contributed by atoms with Crippen molar-refractivity contribution in [2.45, 2.75) is 38.4 Å². The van der Waals surface area contributed by atoms with Gasteiger partial charge in [-0.1, -0.05) is 24.3 Å². The van der Waals surface area contributed by atoms with Crippen molar-refractivity contribution >= 4 is 17.2 Å². The molecular formula is C27H25F3N4O2. The molecule has 2 aromatic heterocycles. The minimum Gasteiger partial charge on any atom is -0.456 e. The van der Waals surface area contributed by atoms with E-state index in [4.69, 9.17) is 4.74 Å². The lowest BCUT2D eigenvalue weighted by atomic mass is 10.0. The number of nitrogens with one attached hydrogen (secondary N) is 2. The molecule has 0 spiro atoms. The molecule has 4 aromatic rings. The number of fused-ring (bicyclic) bond motifs is 1. The van der Waals surface area contributed by atoms with Crippen LogP contribution in [0.2, 0.25) is 0 Å². The molecule has 36 heavy (non-hydrogen) atoms. The Morgan fingerprint density at radius 3 is 2.58 bits per heavy atom. The standard InChI is InChI=1S/C27H25F3N4O2/c1-17-13-18(7-10-22(17)26(35)33-19-8-9-19)24-15-32-25-23(31-12-11-27(28,29)30)14-21(16-34(24)25)36-20-5-3-2-4-6-20/h2-7,10,13-16,19,31H,8-9,11-12H2,1H3,(H,33,35). The number of alkyl halides is 3. The quantitative estimate of drug-likeness (QED) is 0.299. The molecule has 1 amide bonds. The number of imidazole rings is 1. The summed E-state index contributed by atoms with van der Waals surface area (Å²) in [7, 11) is 0. The van der Waals surface area contributed by atoms with Gasteiger partial charge in [0.1, 0.15) is 11.5 Å². The van der Waals surface area contributed by atoms with Gasteiger partial charge >= 0.3 is 6.18 Å². The van der Waals surface area contributed by atoms with E-state index in [1.807, 2.05) is 37.3 Å². The van der Waals surface area contributed by atoms with E-state index < -0.39 is 12.6 Å². The molecule has 1 aliphatic carbocycles. The van der Waals surface area contributed by atoms with Gasteiger partial charge in [0.2, 0.25) is 0 Å². The average molecular weight is 495 g/mol. The number of benzene rings is 2. The molecule has 1 aliphatic rings. The van der Waals surface area contributed by atoms with Gasteiger partial charge in [0.25, 0.3) is 5.91 Å². The van der Waals surface area contributed by atoms with E-state index in [0.29, 0.717) is 28.4 Å². The molecule has 6 nitrogen and oxygen atoms in total. The van der Waals surface area contributed by atoms with Crippen LogP contribution < -0.4 is 15.4 Å². The zero-order chi connectivity index (χ0) is 25.3. The van der Waals surface area contributed by atoms with Crippen LogP contribution in [0.3, 0.4) is 0 Å². The van der Waals surface area contributed by atoms with Crippen LogP contribution in [0.15, 0.2) is 67.0 Å². The summed E-state index contributed by atoms with van der Waals surface area (Å²) in [4.78, 5) is 17.0. The molecule has 0 radical (unpaired) electrons. The molecule has 2 aromatic carbocycles. The summed E-state index contributed by atoms with van der Waals surface area (Å²) in [6.07, 6.45) is 0.194. The molecule has 1 fully saturated rings. The van der Waals surface area contributed by atoms with Crippen LogP contribution in [-0.4, -0.2) is 34.1 Å². The minimum atomic E-state index is -4.27. The Morgan fingerprint density at radius 1 is 1.11 bits per heavy atom. The number of rotatable bonds is 8. The van der Waals surface area contributed by atoms with Crippen molar-refractivity contribution < 1.29 is 22.7 Å². The van der Waals surface area contributed by atoms with Crippen LogP contribution in [0.25, 0.3) is 16.9 Å². The Morgan fingerprint density at radius 2 is 1.89 bits per heavy atom. The summed E-state index contributed by atoms with van der Waals surface area (Å²) in [5, 5.41) is 5.86. The summed E-state index contributed by atoms with van der Waals surface area (Å²) in [6, 6.07) is 16.6. The van der Waals surface area contributed by atoms with Gasteiger partial charge in [0.15, 0.2) is 5.65 Å². The van der Waals surface area contributed by atoms with E-state index in [0.717, 1.165) is 29.7 Å². The number of amides is 1. The van der Waals surface area contributed by atoms with Gasteiger partial charge in [-0.25, -0.2) is 4.98 Å². The maximum absolute atomic E-state index is 12.8. The summed E-state index contributed by atoms with van der Waals surface area (Å²) in [5.74, 6) is 0.954. The van der Waals surface area contributed by atoms with Crippen LogP contribution in [0.5, 0.6) is 11.5 Å². The van der Waals surface area contributed by atoms with Gasteiger partial charge in [-0.3, -0.25) is 9.20 Å². The zero-order valence-corrected chi connectivity index (χ0v) is 19.6. The monoisotopic (exact) mass is 494 g/mol. The highest BCUT2D eigenvalue weighted by atomic mass is 19.4. The molecule has 186 valence electrons. The smallest absolute Gasteiger partial charge is 0.390 e. The second-order valence-electron chi connectivity index (χ2n) is 8.91. The molecule has 0 bridgehead atoms. The van der Waals surface area contributed by atoms with E-state index in [1.165, 1.54) is 0 Å². The largest absolute Gasteiger partial charge is 0.456 e. The predicted molar refractivity (Wildman–Crippen MR) is 132 cm³/mol. The van der Waals surface area contributed by atoms with Crippen LogP contribution >= 0.6 is 0 Å². The molecule has 2 heterocycles. The Labute approximate surface area is 206 Å². The van der Waals surface area contributed by atoms with E-state index >= 15 is 0 Å². The van der Waals surface area contributed by atoms with Crippen molar-refractivity contribution in [3.63, 3.8) is 0 Å². The number of hydrogen-bond donors (Lipinski definition) is 2. The maximum atomic E-state index is 12.8. The number of carbonyl (C=O) groups is 1. The highest BCUT2D eigenvalue weighted by Gasteiger charge is 2.27. The summed E-state index contributed by atoms with van der Waals surface area (Å²) >= 11 is 0. The van der Waals surface area contributed by atoms with E-state index in [2.05, 4.69) is 15.6 Å². The van der Waals surface area contributed by atoms with Gasteiger partial charge in [0, 0.05) is 29.8 Å². The lowest BCUT2D eigenvalue weighted by Gasteiger charge is -2.14. The van der Waals surface area contributed by atoms with E-state index in [-0.39, 0.29) is 18.5 Å². The number of aromatic nitrogens is 2. The maximum Gasteiger partial charge on any atom is 0.390 e. The number of anilines is 1. The van der Waals surface area contributed by atoms with Crippen molar-refractivity contribution in [2.75, 3.05) is 11.9 Å². The van der Waals surface area contributed by atoms with Crippen LogP contribution in [0.4, 0.5) is 18.9 Å². The lowest BCUT2D eigenvalue weighted by Crippen LogP contribution is -2.26. The zero-order valence-electron chi connectivity index (χ0n) is 19.6. The van der Waals surface area contributed by atoms with Crippen molar-refractivity contribution in [3.8, 4) is 22.8 Å². The molecule has 1 saturated carbocycles. The fraction of sp³-hybridized carbons (Fsp3) is 0.259. The van der Waals surface area contributed by atoms with Gasteiger partial charge in [-0.15, -0.1) is 0 Å². The third-order valence-corrected chi connectivity index (χ3v) is 5.96. The molecule has 0 unspecified atom stereocenters. The molecule has 0 saturated heterocycles. The van der Waals surface area contributed by atoms with Gasteiger partial charge < -0.3 is 15.4 Å². The molecule has 2 N–H and O–H groups in total. The van der Waals surface area contributed by atoms with Crippen molar-refractivity contribution in [3.05, 3.63) is 78.1 Å². The van der Waals surface area contributed by atoms with Gasteiger partial charge in [-0.2, -0.15) is 13.2 Å². The first-order valence-corrected chi connectivity index (χ1v) is 11.7. The van der Waals surface area contributed by atoms with Crippen molar-refractivity contribution in [2.24, 2.45) is 0 Å². The van der Waals surface area contributed by atoms with Crippen molar-refractivity contribution in [1.82, 2.24) is 14.7 Å². The topological polar surface area (TPSA) is 67.7 Å². The van der Waals surface area contributed by atoms with Crippen LogP contribution in [0, 0.1) is 6.92 Å².